The molecule has 1 fully saturated rings. The van der Waals surface area contributed by atoms with Gasteiger partial charge in [-0.2, -0.15) is 4.98 Å². The van der Waals surface area contributed by atoms with Crippen LogP contribution >= 0.6 is 0 Å². The molecule has 0 bridgehead atoms. The highest BCUT2D eigenvalue weighted by atomic mass is 19.1. The molecule has 0 aliphatic carbocycles. The zero-order valence-electron chi connectivity index (χ0n) is 19.2. The molecule has 1 amide bonds. The van der Waals surface area contributed by atoms with Crippen molar-refractivity contribution in [2.24, 2.45) is 0 Å². The summed E-state index contributed by atoms with van der Waals surface area (Å²) in [7, 11) is 0. The summed E-state index contributed by atoms with van der Waals surface area (Å²) in [6.07, 6.45) is 1.68. The van der Waals surface area contributed by atoms with Crippen LogP contribution in [0.4, 0.5) is 4.39 Å². The third kappa shape index (κ3) is 5.54. The predicted octanol–water partition coefficient (Wildman–Crippen LogP) is 3.80. The molecule has 0 spiro atoms. The third-order valence-corrected chi connectivity index (χ3v) is 5.25. The van der Waals surface area contributed by atoms with Crippen molar-refractivity contribution in [2.75, 3.05) is 13.1 Å². The molecule has 1 N–H and O–H groups in total. The average Bonchev–Trinajstić information content (AvgIpc) is 3.21. The van der Waals surface area contributed by atoms with Gasteiger partial charge < -0.3 is 14.6 Å². The van der Waals surface area contributed by atoms with Crippen molar-refractivity contribution >= 4 is 5.91 Å². The SMILES string of the molecule is CC(C)NC(=O)c1ccc(-c2ccc(OC3CN(Cc4nc(C(C)C)no4)C3)cn2)cc1F. The number of carbonyl (C=O) groups is 1. The topological polar surface area (TPSA) is 93.4 Å². The van der Waals surface area contributed by atoms with Crippen molar-refractivity contribution < 1.29 is 18.4 Å². The van der Waals surface area contributed by atoms with Gasteiger partial charge in [-0.3, -0.25) is 14.7 Å². The lowest BCUT2D eigenvalue weighted by atomic mass is 10.1. The molecule has 3 heterocycles. The molecule has 9 heteroatoms. The number of nitrogens with zero attached hydrogens (tertiary/aromatic N) is 4. The van der Waals surface area contributed by atoms with Gasteiger partial charge in [0.2, 0.25) is 5.89 Å². The van der Waals surface area contributed by atoms with Crippen LogP contribution in [0.3, 0.4) is 0 Å². The number of ether oxygens (including phenoxy) is 1. The Kier molecular flexibility index (Phi) is 6.69. The molecule has 0 unspecified atom stereocenters. The van der Waals surface area contributed by atoms with Crippen molar-refractivity contribution in [3.8, 4) is 17.0 Å². The Bertz CT molecular complexity index is 1110. The van der Waals surface area contributed by atoms with Crippen LogP contribution in [-0.4, -0.2) is 51.2 Å². The van der Waals surface area contributed by atoms with Crippen LogP contribution in [0.1, 0.15) is 55.7 Å². The van der Waals surface area contributed by atoms with Gasteiger partial charge in [0.05, 0.1) is 24.0 Å². The number of carbonyl (C=O) groups excluding carboxylic acids is 1. The number of pyridine rings is 1. The van der Waals surface area contributed by atoms with Gasteiger partial charge in [0, 0.05) is 30.6 Å². The molecule has 0 saturated carbocycles. The first kappa shape index (κ1) is 22.8. The highest BCUT2D eigenvalue weighted by molar-refractivity contribution is 5.95. The smallest absolute Gasteiger partial charge is 0.254 e. The van der Waals surface area contributed by atoms with E-state index in [4.69, 9.17) is 9.26 Å². The number of halogens is 1. The van der Waals surface area contributed by atoms with Crippen LogP contribution < -0.4 is 10.1 Å². The molecule has 1 aliphatic rings. The van der Waals surface area contributed by atoms with Gasteiger partial charge in [0.1, 0.15) is 17.7 Å². The molecule has 0 radical (unpaired) electrons. The number of benzene rings is 1. The lowest BCUT2D eigenvalue weighted by Gasteiger charge is -2.37. The first-order valence-corrected chi connectivity index (χ1v) is 11.1. The molecule has 1 aromatic carbocycles. The number of likely N-dealkylation sites (tertiary alicyclic amines) is 1. The molecular formula is C24H28FN5O3. The van der Waals surface area contributed by atoms with Gasteiger partial charge in [-0.15, -0.1) is 0 Å². The number of rotatable bonds is 8. The maximum Gasteiger partial charge on any atom is 0.254 e. The van der Waals surface area contributed by atoms with Gasteiger partial charge in [0.25, 0.3) is 5.91 Å². The number of amides is 1. The van der Waals surface area contributed by atoms with Gasteiger partial charge in [-0.1, -0.05) is 25.1 Å². The Labute approximate surface area is 192 Å². The summed E-state index contributed by atoms with van der Waals surface area (Å²) >= 11 is 0. The van der Waals surface area contributed by atoms with Crippen LogP contribution in [0.2, 0.25) is 0 Å². The number of hydrogen-bond acceptors (Lipinski definition) is 7. The van der Waals surface area contributed by atoms with Crippen LogP contribution in [0.25, 0.3) is 11.3 Å². The zero-order valence-corrected chi connectivity index (χ0v) is 19.2. The van der Waals surface area contributed by atoms with Gasteiger partial charge in [-0.25, -0.2) is 4.39 Å². The normalized spacial score (nSPS) is 14.5. The van der Waals surface area contributed by atoms with Gasteiger partial charge in [0.15, 0.2) is 5.82 Å². The lowest BCUT2D eigenvalue weighted by molar-refractivity contribution is 0.00844. The second kappa shape index (κ2) is 9.66. The quantitative estimate of drug-likeness (QED) is 0.555. The van der Waals surface area contributed by atoms with Crippen molar-refractivity contribution in [1.29, 1.82) is 0 Å². The van der Waals surface area contributed by atoms with E-state index < -0.39 is 11.7 Å². The summed E-state index contributed by atoms with van der Waals surface area (Å²) < 4.78 is 25.7. The zero-order chi connectivity index (χ0) is 23.5. The molecule has 3 aromatic rings. The van der Waals surface area contributed by atoms with Crippen LogP contribution in [0.15, 0.2) is 41.1 Å². The predicted molar refractivity (Wildman–Crippen MR) is 120 cm³/mol. The van der Waals surface area contributed by atoms with E-state index in [2.05, 4.69) is 25.3 Å². The van der Waals surface area contributed by atoms with Crippen molar-refractivity contribution in [3.05, 3.63) is 59.6 Å². The second-order valence-electron chi connectivity index (χ2n) is 8.84. The summed E-state index contributed by atoms with van der Waals surface area (Å²) in [6, 6.07) is 8.02. The molecule has 1 saturated heterocycles. The van der Waals surface area contributed by atoms with E-state index >= 15 is 0 Å². The number of aromatic nitrogens is 3. The molecule has 8 nitrogen and oxygen atoms in total. The van der Waals surface area contributed by atoms with E-state index in [0.29, 0.717) is 29.4 Å². The number of nitrogens with one attached hydrogen (secondary N) is 1. The van der Waals surface area contributed by atoms with Crippen molar-refractivity contribution in [2.45, 2.75) is 52.3 Å². The van der Waals surface area contributed by atoms with E-state index in [-0.39, 0.29) is 23.6 Å². The minimum atomic E-state index is -0.580. The second-order valence-corrected chi connectivity index (χ2v) is 8.84. The molecule has 1 aliphatic heterocycles. The van der Waals surface area contributed by atoms with E-state index in [1.807, 2.05) is 33.8 Å². The van der Waals surface area contributed by atoms with Gasteiger partial charge in [-0.05, 0) is 38.1 Å². The largest absolute Gasteiger partial charge is 0.486 e. The van der Waals surface area contributed by atoms with Crippen molar-refractivity contribution in [3.63, 3.8) is 0 Å². The maximum atomic E-state index is 14.4. The van der Waals surface area contributed by atoms with Crippen molar-refractivity contribution in [1.82, 2.24) is 25.3 Å². The fourth-order valence-electron chi connectivity index (χ4n) is 3.50. The first-order valence-electron chi connectivity index (χ1n) is 11.1. The Morgan fingerprint density at radius 1 is 1.24 bits per heavy atom. The molecule has 0 atom stereocenters. The Balaban J connectivity index is 1.30. The summed E-state index contributed by atoms with van der Waals surface area (Å²) in [4.78, 5) is 23.0. The standard InChI is InChI=1S/C24H28FN5O3/c1-14(2)23-28-22(33-29-23)13-30-11-18(12-30)32-17-6-8-21(26-10-17)16-5-7-19(20(25)9-16)24(31)27-15(3)4/h5-10,14-15,18H,11-13H2,1-4H3,(H,27,31). The minimum Gasteiger partial charge on any atom is -0.486 e. The highest BCUT2D eigenvalue weighted by Gasteiger charge is 2.30. The van der Waals surface area contributed by atoms with Gasteiger partial charge >= 0.3 is 0 Å². The molecule has 4 rings (SSSR count). The fraction of sp³-hybridized carbons (Fsp3) is 0.417. The van der Waals surface area contributed by atoms with Crippen LogP contribution in [0.5, 0.6) is 5.75 Å². The lowest BCUT2D eigenvalue weighted by Crippen LogP contribution is -2.53. The summed E-state index contributed by atoms with van der Waals surface area (Å²) in [5.74, 6) is 1.21. The molecule has 2 aromatic heterocycles. The highest BCUT2D eigenvalue weighted by Crippen LogP contribution is 2.24. The molecule has 33 heavy (non-hydrogen) atoms. The van der Waals surface area contributed by atoms with Crippen LogP contribution in [0, 0.1) is 5.82 Å². The maximum absolute atomic E-state index is 14.4. The van der Waals surface area contributed by atoms with E-state index in [9.17, 15) is 9.18 Å². The summed E-state index contributed by atoms with van der Waals surface area (Å²) in [5.41, 5.74) is 1.21. The average molecular weight is 454 g/mol. The van der Waals surface area contributed by atoms with E-state index in [1.54, 1.807) is 18.3 Å². The first-order chi connectivity index (χ1) is 15.8. The Morgan fingerprint density at radius 2 is 2.03 bits per heavy atom. The fourth-order valence-corrected chi connectivity index (χ4v) is 3.50. The summed E-state index contributed by atoms with van der Waals surface area (Å²) in [5, 5.41) is 6.67. The summed E-state index contributed by atoms with van der Waals surface area (Å²) in [6.45, 7) is 9.83. The Morgan fingerprint density at radius 3 is 2.64 bits per heavy atom. The third-order valence-electron chi connectivity index (χ3n) is 5.25. The monoisotopic (exact) mass is 453 g/mol. The van der Waals surface area contributed by atoms with E-state index in [0.717, 1.165) is 18.9 Å². The minimum absolute atomic E-state index is 0.0166. The molecular weight excluding hydrogens is 425 g/mol. The number of hydrogen-bond donors (Lipinski definition) is 1. The van der Waals surface area contributed by atoms with E-state index in [1.165, 1.54) is 12.1 Å². The Hall–Kier alpha value is -3.33. The molecule has 174 valence electrons. The van der Waals surface area contributed by atoms with Crippen LogP contribution in [-0.2, 0) is 6.54 Å².